The highest BCUT2D eigenvalue weighted by Crippen LogP contribution is 2.32. The maximum absolute atomic E-state index is 14.0. The van der Waals surface area contributed by atoms with Crippen molar-refractivity contribution in [2.75, 3.05) is 0 Å². The van der Waals surface area contributed by atoms with Gasteiger partial charge in [-0.1, -0.05) is 42.0 Å². The highest BCUT2D eigenvalue weighted by molar-refractivity contribution is 5.80. The predicted molar refractivity (Wildman–Crippen MR) is 155 cm³/mol. The summed E-state index contributed by atoms with van der Waals surface area (Å²) in [5, 5.41) is 0.394. The maximum Gasteiger partial charge on any atom is 0.419 e. The molecule has 3 aromatic carbocycles. The van der Waals surface area contributed by atoms with Crippen LogP contribution in [-0.2, 0) is 23.9 Å². The smallest absolute Gasteiger partial charge is 0.328 e. The monoisotopic (exact) mass is 588 g/mol. The van der Waals surface area contributed by atoms with Crippen molar-refractivity contribution >= 4 is 16.8 Å². The molecule has 0 aliphatic carbocycles. The molecule has 10 heteroatoms. The minimum Gasteiger partial charge on any atom is -0.328 e. The lowest BCUT2D eigenvalue weighted by molar-refractivity contribution is -0.140. The van der Waals surface area contributed by atoms with E-state index in [2.05, 4.69) is 4.98 Å². The highest BCUT2D eigenvalue weighted by atomic mass is 19.4. The lowest BCUT2D eigenvalue weighted by atomic mass is 10.0. The van der Waals surface area contributed by atoms with E-state index in [4.69, 9.17) is 4.98 Å². The van der Waals surface area contributed by atoms with Crippen molar-refractivity contribution < 1.29 is 22.4 Å². The van der Waals surface area contributed by atoms with Crippen molar-refractivity contribution in [1.29, 1.82) is 0 Å². The van der Waals surface area contributed by atoms with Gasteiger partial charge in [-0.25, -0.2) is 9.37 Å². The molecule has 0 aliphatic heterocycles. The number of hydrogen-bond acceptors (Lipinski definition) is 4. The molecular weight excluding hydrogens is 560 g/mol. The van der Waals surface area contributed by atoms with Gasteiger partial charge in [-0.2, -0.15) is 13.2 Å². The number of rotatable bonds is 7. The first-order valence-corrected chi connectivity index (χ1v) is 13.6. The number of fused-ring (bicyclic) bond motifs is 1. The topological polar surface area (TPSA) is 68.1 Å². The van der Waals surface area contributed by atoms with Crippen LogP contribution in [0.2, 0.25) is 0 Å². The molecule has 1 atom stereocenters. The molecule has 2 aromatic heterocycles. The van der Waals surface area contributed by atoms with E-state index in [0.717, 1.165) is 17.2 Å². The van der Waals surface area contributed by atoms with E-state index in [1.807, 2.05) is 32.0 Å². The molecule has 0 N–H and O–H groups in total. The number of hydrogen-bond donors (Lipinski definition) is 0. The number of pyridine rings is 1. The number of nitrogens with zero attached hydrogens (tertiary/aromatic N) is 4. The van der Waals surface area contributed by atoms with E-state index in [0.29, 0.717) is 34.3 Å². The number of carbonyl (C=O) groups is 1. The summed E-state index contributed by atoms with van der Waals surface area (Å²) in [6.07, 6.45) is -2.09. The minimum atomic E-state index is -4.91. The average Bonchev–Trinajstić information content (AvgIpc) is 2.96. The summed E-state index contributed by atoms with van der Waals surface area (Å²) >= 11 is 0. The number of aryl methyl sites for hydroxylation is 2. The fourth-order valence-corrected chi connectivity index (χ4v) is 5.03. The van der Waals surface area contributed by atoms with Crippen LogP contribution in [0.1, 0.15) is 46.6 Å². The summed E-state index contributed by atoms with van der Waals surface area (Å²) in [6, 6.07) is 17.8. The Morgan fingerprint density at radius 1 is 0.930 bits per heavy atom. The van der Waals surface area contributed by atoms with Crippen molar-refractivity contribution in [1.82, 2.24) is 19.4 Å². The Balaban J connectivity index is 1.63. The third kappa shape index (κ3) is 6.33. The Labute approximate surface area is 245 Å². The van der Waals surface area contributed by atoms with Crippen LogP contribution in [0.25, 0.3) is 16.6 Å². The summed E-state index contributed by atoms with van der Waals surface area (Å²) in [5.74, 6) is -1.68. The van der Waals surface area contributed by atoms with Gasteiger partial charge in [0, 0.05) is 18.9 Å². The first kappa shape index (κ1) is 29.6. The third-order valence-electron chi connectivity index (χ3n) is 7.23. The normalized spacial score (nSPS) is 12.3. The van der Waals surface area contributed by atoms with Crippen LogP contribution in [0, 0.1) is 19.7 Å². The Bertz CT molecular complexity index is 1870. The first-order valence-electron chi connectivity index (χ1n) is 13.6. The van der Waals surface area contributed by atoms with Crippen LogP contribution < -0.4 is 5.56 Å². The molecule has 0 bridgehead atoms. The molecule has 5 rings (SSSR count). The van der Waals surface area contributed by atoms with Crippen LogP contribution in [0.5, 0.6) is 0 Å². The molecule has 0 spiro atoms. The molecule has 2 heterocycles. The average molecular weight is 589 g/mol. The van der Waals surface area contributed by atoms with Gasteiger partial charge < -0.3 is 4.90 Å². The maximum atomic E-state index is 14.0. The van der Waals surface area contributed by atoms with Gasteiger partial charge in [-0.3, -0.25) is 19.1 Å². The predicted octanol–water partition coefficient (Wildman–Crippen LogP) is 6.89. The van der Waals surface area contributed by atoms with Crippen molar-refractivity contribution in [3.05, 3.63) is 135 Å². The number of benzene rings is 3. The van der Waals surface area contributed by atoms with Gasteiger partial charge in [0.25, 0.3) is 5.56 Å². The molecule has 0 aliphatic rings. The molecule has 0 radical (unpaired) electrons. The Hall–Kier alpha value is -4.86. The minimum absolute atomic E-state index is 0.000637. The van der Waals surface area contributed by atoms with Crippen molar-refractivity contribution in [3.63, 3.8) is 0 Å². The number of alkyl halides is 3. The second-order valence-corrected chi connectivity index (χ2v) is 10.5. The molecule has 5 aromatic rings. The molecule has 0 saturated heterocycles. The summed E-state index contributed by atoms with van der Waals surface area (Å²) in [6.45, 7) is 5.53. The van der Waals surface area contributed by atoms with Crippen molar-refractivity contribution in [2.45, 2.75) is 46.0 Å². The number of halogens is 4. The Morgan fingerprint density at radius 2 is 1.65 bits per heavy atom. The van der Waals surface area contributed by atoms with Gasteiger partial charge in [0.05, 0.1) is 34.6 Å². The van der Waals surface area contributed by atoms with E-state index in [1.54, 1.807) is 55.7 Å². The Kier molecular flexibility index (Phi) is 8.12. The molecule has 1 amide bonds. The van der Waals surface area contributed by atoms with Gasteiger partial charge in [-0.15, -0.1) is 0 Å². The number of para-hydroxylation sites is 1. The lowest BCUT2D eigenvalue weighted by Gasteiger charge is -2.31. The van der Waals surface area contributed by atoms with E-state index in [9.17, 15) is 27.2 Å². The van der Waals surface area contributed by atoms with Crippen molar-refractivity contribution in [3.8, 4) is 5.69 Å². The summed E-state index contributed by atoms with van der Waals surface area (Å²) in [5.41, 5.74) is 1.75. The number of carbonyl (C=O) groups excluding carboxylic acids is 1. The second-order valence-electron chi connectivity index (χ2n) is 10.5. The molecule has 6 nitrogen and oxygen atoms in total. The standard InChI is InChI=1S/C33H28F4N4O2/c1-20-8-11-25(12-9-20)41-31(39-29-7-5-4-6-26(29)32(41)43)22(3)40(19-24-14-21(2)17-38-18-24)30(42)16-23-10-13-28(34)27(15-23)33(35,36)37/h4-15,17-18,22H,16,19H2,1-3H3. The van der Waals surface area contributed by atoms with Gasteiger partial charge in [0.2, 0.25) is 5.91 Å². The quantitative estimate of drug-likeness (QED) is 0.194. The fraction of sp³-hybridized carbons (Fsp3) is 0.212. The molecule has 220 valence electrons. The van der Waals surface area contributed by atoms with Crippen LogP contribution in [0.4, 0.5) is 17.6 Å². The van der Waals surface area contributed by atoms with Gasteiger partial charge in [0.15, 0.2) is 0 Å². The van der Waals surface area contributed by atoms with Gasteiger partial charge in [-0.05, 0) is 73.9 Å². The largest absolute Gasteiger partial charge is 0.419 e. The molecular formula is C33H28F4N4O2. The van der Waals surface area contributed by atoms with Crippen LogP contribution >= 0.6 is 0 Å². The fourth-order valence-electron chi connectivity index (χ4n) is 5.03. The molecule has 0 saturated carbocycles. The molecule has 0 fully saturated rings. The SMILES string of the molecule is Cc1ccc(-n2c(C(C)N(Cc3cncc(C)c3)C(=O)Cc3ccc(F)c(C(F)(F)F)c3)nc3ccccc3c2=O)cc1. The summed E-state index contributed by atoms with van der Waals surface area (Å²) < 4.78 is 55.7. The van der Waals surface area contributed by atoms with E-state index in [-0.39, 0.29) is 23.5 Å². The zero-order valence-corrected chi connectivity index (χ0v) is 23.7. The zero-order chi connectivity index (χ0) is 30.9. The van der Waals surface area contributed by atoms with Crippen LogP contribution in [-0.4, -0.2) is 25.3 Å². The highest BCUT2D eigenvalue weighted by Gasteiger charge is 2.35. The zero-order valence-electron chi connectivity index (χ0n) is 23.7. The number of aromatic nitrogens is 3. The van der Waals surface area contributed by atoms with E-state index >= 15 is 0 Å². The lowest BCUT2D eigenvalue weighted by Crippen LogP contribution is -2.38. The number of amides is 1. The molecule has 43 heavy (non-hydrogen) atoms. The van der Waals surface area contributed by atoms with Crippen molar-refractivity contribution in [2.24, 2.45) is 0 Å². The van der Waals surface area contributed by atoms with E-state index in [1.165, 1.54) is 9.47 Å². The van der Waals surface area contributed by atoms with Crippen LogP contribution in [0.15, 0.2) is 90.0 Å². The third-order valence-corrected chi connectivity index (χ3v) is 7.23. The Morgan fingerprint density at radius 3 is 2.35 bits per heavy atom. The summed E-state index contributed by atoms with van der Waals surface area (Å²) in [4.78, 5) is 38.3. The second kappa shape index (κ2) is 11.8. The summed E-state index contributed by atoms with van der Waals surface area (Å²) in [7, 11) is 0. The first-order chi connectivity index (χ1) is 20.4. The van der Waals surface area contributed by atoms with Crippen LogP contribution in [0.3, 0.4) is 0 Å². The van der Waals surface area contributed by atoms with E-state index < -0.39 is 35.9 Å². The molecule has 1 unspecified atom stereocenters. The van der Waals surface area contributed by atoms with Gasteiger partial charge in [0.1, 0.15) is 11.6 Å². The van der Waals surface area contributed by atoms with Gasteiger partial charge >= 0.3 is 6.18 Å².